The number of benzene rings is 1. The molecule has 3 aromatic rings. The lowest BCUT2D eigenvalue weighted by molar-refractivity contribution is 0.890. The van der Waals surface area contributed by atoms with Crippen molar-refractivity contribution in [3.63, 3.8) is 0 Å². The summed E-state index contributed by atoms with van der Waals surface area (Å²) in [5, 5.41) is 1.54. The van der Waals surface area contributed by atoms with Crippen LogP contribution in [0.3, 0.4) is 0 Å². The zero-order valence-electron chi connectivity index (χ0n) is 11.7. The van der Waals surface area contributed by atoms with E-state index in [4.69, 9.17) is 17.3 Å². The van der Waals surface area contributed by atoms with Crippen LogP contribution < -0.4 is 11.3 Å². The third kappa shape index (κ3) is 2.34. The smallest absolute Gasteiger partial charge is 0.272 e. The van der Waals surface area contributed by atoms with Crippen LogP contribution in [0.1, 0.15) is 24.6 Å². The summed E-state index contributed by atoms with van der Waals surface area (Å²) in [6, 6.07) is 9.54. The number of hydrogen-bond donors (Lipinski definition) is 2. The van der Waals surface area contributed by atoms with Crippen molar-refractivity contribution in [2.45, 2.75) is 19.8 Å². The molecule has 0 atom stereocenters. The van der Waals surface area contributed by atoms with Gasteiger partial charge < -0.3 is 10.7 Å². The van der Waals surface area contributed by atoms with Crippen LogP contribution >= 0.6 is 22.9 Å². The van der Waals surface area contributed by atoms with Gasteiger partial charge in [-0.1, -0.05) is 43.6 Å². The van der Waals surface area contributed by atoms with Crippen LogP contribution in [0.4, 0.5) is 5.69 Å². The summed E-state index contributed by atoms with van der Waals surface area (Å²) in [6.07, 6.45) is 0. The lowest BCUT2D eigenvalue weighted by Crippen LogP contribution is -2.12. The van der Waals surface area contributed by atoms with E-state index in [9.17, 15) is 4.79 Å². The van der Waals surface area contributed by atoms with Crippen molar-refractivity contribution in [3.05, 3.63) is 50.6 Å². The highest BCUT2D eigenvalue weighted by atomic mass is 35.5. The fraction of sp³-hybridized carbons (Fsp3) is 0.188. The van der Waals surface area contributed by atoms with E-state index in [1.807, 2.05) is 18.2 Å². The molecule has 3 N–H and O–H groups in total. The topological polar surface area (TPSA) is 58.9 Å². The van der Waals surface area contributed by atoms with Crippen LogP contribution in [0.25, 0.3) is 21.3 Å². The quantitative estimate of drug-likeness (QED) is 0.724. The minimum Gasteiger partial charge on any atom is -0.394 e. The highest BCUT2D eigenvalue weighted by Gasteiger charge is 2.17. The van der Waals surface area contributed by atoms with Crippen molar-refractivity contribution in [1.29, 1.82) is 0 Å². The number of anilines is 1. The number of nitrogens with two attached hydrogens (primary N) is 1. The molecule has 0 fully saturated rings. The average Bonchev–Trinajstić information content (AvgIpc) is 2.85. The van der Waals surface area contributed by atoms with E-state index in [1.165, 1.54) is 4.88 Å². The molecule has 2 aromatic heterocycles. The number of H-pyrrole nitrogens is 1. The number of pyridine rings is 1. The van der Waals surface area contributed by atoms with Crippen LogP contribution in [-0.4, -0.2) is 4.98 Å². The third-order valence-corrected chi connectivity index (χ3v) is 5.15. The summed E-state index contributed by atoms with van der Waals surface area (Å²) in [4.78, 5) is 17.0. The number of halogens is 1. The predicted octanol–water partition coefficient (Wildman–Crippen LogP) is 4.62. The molecular formula is C16H15ClN2OS. The minimum absolute atomic E-state index is 0.212. The maximum absolute atomic E-state index is 12.1. The third-order valence-electron chi connectivity index (χ3n) is 3.47. The molecule has 5 heteroatoms. The highest BCUT2D eigenvalue weighted by molar-refractivity contribution is 7.18. The van der Waals surface area contributed by atoms with Crippen molar-refractivity contribution in [2.75, 3.05) is 5.73 Å². The zero-order valence-corrected chi connectivity index (χ0v) is 13.3. The molecule has 0 unspecified atom stereocenters. The molecule has 0 bridgehead atoms. The lowest BCUT2D eigenvalue weighted by atomic mass is 10.0. The first-order valence-corrected chi connectivity index (χ1v) is 7.88. The van der Waals surface area contributed by atoms with E-state index in [1.54, 1.807) is 17.4 Å². The van der Waals surface area contributed by atoms with Gasteiger partial charge in [-0.05, 0) is 18.1 Å². The first kappa shape index (κ1) is 14.2. The molecule has 3 nitrogen and oxygen atoms in total. The van der Waals surface area contributed by atoms with Gasteiger partial charge in [-0.3, -0.25) is 4.79 Å². The van der Waals surface area contributed by atoms with Crippen LogP contribution in [0.2, 0.25) is 5.02 Å². The number of nitrogens with one attached hydrogen (secondary N) is 1. The molecule has 2 heterocycles. The fourth-order valence-electron chi connectivity index (χ4n) is 2.36. The van der Waals surface area contributed by atoms with Crippen molar-refractivity contribution >= 4 is 38.8 Å². The maximum atomic E-state index is 12.1. The molecule has 0 aliphatic heterocycles. The summed E-state index contributed by atoms with van der Waals surface area (Å²) in [5.74, 6) is 0.395. The number of nitrogen functional groups attached to an aromatic ring is 1. The summed E-state index contributed by atoms with van der Waals surface area (Å²) in [7, 11) is 0. The van der Waals surface area contributed by atoms with Gasteiger partial charge in [-0.2, -0.15) is 0 Å². The Morgan fingerprint density at radius 2 is 2.00 bits per heavy atom. The van der Waals surface area contributed by atoms with Crippen molar-refractivity contribution in [3.8, 4) is 11.1 Å². The van der Waals surface area contributed by atoms with E-state index in [2.05, 4.69) is 24.9 Å². The maximum Gasteiger partial charge on any atom is 0.272 e. The lowest BCUT2D eigenvalue weighted by Gasteiger charge is -2.08. The first-order valence-electron chi connectivity index (χ1n) is 6.69. The van der Waals surface area contributed by atoms with Crippen molar-refractivity contribution < 1.29 is 0 Å². The van der Waals surface area contributed by atoms with Crippen LogP contribution in [0.15, 0.2) is 35.1 Å². The molecule has 3 rings (SSSR count). The second-order valence-corrected chi connectivity index (χ2v) is 6.76. The minimum atomic E-state index is -0.269. The van der Waals surface area contributed by atoms with Crippen LogP contribution in [-0.2, 0) is 0 Å². The van der Waals surface area contributed by atoms with Crippen molar-refractivity contribution in [1.82, 2.24) is 4.98 Å². The molecule has 108 valence electrons. The van der Waals surface area contributed by atoms with Gasteiger partial charge in [0.1, 0.15) is 10.5 Å². The van der Waals surface area contributed by atoms with Gasteiger partial charge >= 0.3 is 0 Å². The molecule has 0 saturated carbocycles. The van der Waals surface area contributed by atoms with E-state index >= 15 is 0 Å². The van der Waals surface area contributed by atoms with Gasteiger partial charge in [0.2, 0.25) is 0 Å². The Morgan fingerprint density at radius 1 is 1.29 bits per heavy atom. The van der Waals surface area contributed by atoms with E-state index in [-0.39, 0.29) is 11.2 Å². The molecule has 0 aliphatic carbocycles. The number of rotatable bonds is 2. The predicted molar refractivity (Wildman–Crippen MR) is 91.4 cm³/mol. The second-order valence-electron chi connectivity index (χ2n) is 5.27. The Hall–Kier alpha value is -1.78. The Morgan fingerprint density at radius 3 is 2.67 bits per heavy atom. The highest BCUT2D eigenvalue weighted by Crippen LogP contribution is 2.39. The van der Waals surface area contributed by atoms with E-state index in [0.717, 1.165) is 21.3 Å². The van der Waals surface area contributed by atoms with Gasteiger partial charge in [-0.15, -0.1) is 11.3 Å². The number of aromatic amines is 1. The normalized spacial score (nSPS) is 11.4. The summed E-state index contributed by atoms with van der Waals surface area (Å²) in [5.41, 5.74) is 7.50. The Kier molecular flexibility index (Phi) is 3.51. The number of hydrogen-bond acceptors (Lipinski definition) is 3. The zero-order chi connectivity index (χ0) is 15.1. The standard InChI is InChI=1S/C16H15ClN2OS/c1-8(2)12-7-10-13(9-5-3-4-6-11(9)17)14(18)15(20)19-16(10)21-12/h3-8H,18H2,1-2H3,(H,19,20). The molecule has 1 aromatic carbocycles. The summed E-state index contributed by atoms with van der Waals surface area (Å²) in [6.45, 7) is 4.25. The van der Waals surface area contributed by atoms with Gasteiger partial charge in [0.15, 0.2) is 0 Å². The van der Waals surface area contributed by atoms with Gasteiger partial charge in [-0.25, -0.2) is 0 Å². The SMILES string of the molecule is CC(C)c1cc2c(-c3ccccc3Cl)c(N)c(=O)[nH]c2s1. The number of fused-ring (bicyclic) bond motifs is 1. The molecular weight excluding hydrogens is 304 g/mol. The largest absolute Gasteiger partial charge is 0.394 e. The summed E-state index contributed by atoms with van der Waals surface area (Å²) >= 11 is 7.88. The first-order chi connectivity index (χ1) is 9.99. The van der Waals surface area contributed by atoms with Crippen molar-refractivity contribution in [2.24, 2.45) is 0 Å². The van der Waals surface area contributed by atoms with E-state index < -0.39 is 0 Å². The van der Waals surface area contributed by atoms with Crippen LogP contribution in [0.5, 0.6) is 0 Å². The average molecular weight is 319 g/mol. The molecule has 0 radical (unpaired) electrons. The van der Waals surface area contributed by atoms with Gasteiger partial charge in [0, 0.05) is 26.4 Å². The Balaban J connectivity index is 2.43. The molecule has 0 spiro atoms. The summed E-state index contributed by atoms with van der Waals surface area (Å²) < 4.78 is 0. The van der Waals surface area contributed by atoms with Crippen LogP contribution in [0, 0.1) is 0 Å². The van der Waals surface area contributed by atoms with E-state index in [0.29, 0.717) is 10.9 Å². The van der Waals surface area contributed by atoms with Gasteiger partial charge in [0.05, 0.1) is 0 Å². The molecule has 0 aliphatic rings. The molecule has 0 saturated heterocycles. The van der Waals surface area contributed by atoms with Gasteiger partial charge in [0.25, 0.3) is 5.56 Å². The number of thiophene rings is 1. The molecule has 0 amide bonds. The number of aromatic nitrogens is 1. The Bertz CT molecular complexity index is 880. The Labute approximate surface area is 131 Å². The fourth-order valence-corrected chi connectivity index (χ4v) is 3.65. The monoisotopic (exact) mass is 318 g/mol. The second kappa shape index (κ2) is 5.20. The molecule has 21 heavy (non-hydrogen) atoms.